The monoisotopic (exact) mass is 292 g/mol. The van der Waals surface area contributed by atoms with Crippen LogP contribution in [0, 0.1) is 6.92 Å². The van der Waals surface area contributed by atoms with Gasteiger partial charge in [0.1, 0.15) is 5.75 Å². The van der Waals surface area contributed by atoms with E-state index in [0.29, 0.717) is 0 Å². The lowest BCUT2D eigenvalue weighted by molar-refractivity contribution is 0.103. The quantitative estimate of drug-likeness (QED) is 0.758. The molecule has 1 aliphatic rings. The lowest BCUT2D eigenvalue weighted by Crippen LogP contribution is -2.16. The normalized spacial score (nSPS) is 17.6. The number of ether oxygens (including phenoxy) is 1. The Balaban J connectivity index is 2.09. The molecule has 0 atom stereocenters. The summed E-state index contributed by atoms with van der Waals surface area (Å²) in [6.45, 7) is 6.23. The molecule has 0 radical (unpaired) electrons. The summed E-state index contributed by atoms with van der Waals surface area (Å²) >= 11 is 0. The van der Waals surface area contributed by atoms with Crippen molar-refractivity contribution in [1.82, 2.24) is 0 Å². The molecule has 2 nitrogen and oxygen atoms in total. The summed E-state index contributed by atoms with van der Waals surface area (Å²) in [5, 5.41) is 0. The molecule has 0 saturated heterocycles. The van der Waals surface area contributed by atoms with Crippen molar-refractivity contribution in [3.8, 4) is 5.75 Å². The molecule has 0 saturated carbocycles. The Labute approximate surface area is 131 Å². The van der Waals surface area contributed by atoms with Gasteiger partial charge in [-0.1, -0.05) is 44.2 Å². The number of carbonyl (C=O) groups is 1. The average Bonchev–Trinajstić information content (AvgIpc) is 2.69. The molecule has 0 bridgehead atoms. The lowest BCUT2D eigenvalue weighted by Gasteiger charge is -2.20. The van der Waals surface area contributed by atoms with E-state index in [1.165, 1.54) is 0 Å². The van der Waals surface area contributed by atoms with Crippen LogP contribution in [0.4, 0.5) is 0 Å². The molecule has 0 unspecified atom stereocenters. The molecular weight excluding hydrogens is 272 g/mol. The van der Waals surface area contributed by atoms with Crippen molar-refractivity contribution >= 4 is 11.9 Å². The Bertz CT molecular complexity index is 782. The molecular formula is C20H20O2. The van der Waals surface area contributed by atoms with Gasteiger partial charge in [-0.2, -0.15) is 0 Å². The van der Waals surface area contributed by atoms with Crippen LogP contribution in [0.3, 0.4) is 0 Å². The second-order valence-electron chi connectivity index (χ2n) is 6.29. The van der Waals surface area contributed by atoms with E-state index in [1.54, 1.807) is 7.11 Å². The van der Waals surface area contributed by atoms with Crippen molar-refractivity contribution in [2.45, 2.75) is 26.2 Å². The average molecular weight is 292 g/mol. The number of rotatable bonds is 2. The number of Topliss-reactive ketones (excluding diaryl/α,β-unsaturated/α-hetero) is 1. The molecule has 3 rings (SSSR count). The van der Waals surface area contributed by atoms with Crippen molar-refractivity contribution in [1.29, 1.82) is 0 Å². The highest BCUT2D eigenvalue weighted by Crippen LogP contribution is 2.43. The molecule has 0 aromatic heterocycles. The number of aryl methyl sites for hydroxylation is 1. The van der Waals surface area contributed by atoms with Gasteiger partial charge in [0.05, 0.1) is 7.11 Å². The van der Waals surface area contributed by atoms with E-state index in [1.807, 2.05) is 49.4 Å². The first kappa shape index (κ1) is 14.6. The first-order chi connectivity index (χ1) is 10.4. The van der Waals surface area contributed by atoms with E-state index >= 15 is 0 Å². The minimum Gasteiger partial charge on any atom is -0.496 e. The summed E-state index contributed by atoms with van der Waals surface area (Å²) in [7, 11) is 1.67. The summed E-state index contributed by atoms with van der Waals surface area (Å²) < 4.78 is 5.30. The number of allylic oxidation sites excluding steroid dienone is 1. The molecule has 1 aliphatic carbocycles. The van der Waals surface area contributed by atoms with Gasteiger partial charge in [0.25, 0.3) is 0 Å². The summed E-state index contributed by atoms with van der Waals surface area (Å²) in [5.74, 6) is 0.997. The van der Waals surface area contributed by atoms with Crippen LogP contribution in [-0.2, 0) is 5.41 Å². The second-order valence-corrected chi connectivity index (χ2v) is 6.29. The molecule has 0 amide bonds. The van der Waals surface area contributed by atoms with Crippen molar-refractivity contribution in [2.75, 3.05) is 7.11 Å². The number of methoxy groups -OCH3 is 1. The molecule has 0 fully saturated rings. The van der Waals surface area contributed by atoms with E-state index in [4.69, 9.17) is 4.74 Å². The van der Waals surface area contributed by atoms with Crippen LogP contribution in [-0.4, -0.2) is 12.9 Å². The van der Waals surface area contributed by atoms with Gasteiger partial charge < -0.3 is 4.74 Å². The maximum atomic E-state index is 12.7. The van der Waals surface area contributed by atoms with Crippen molar-refractivity contribution in [2.24, 2.45) is 0 Å². The molecule has 0 heterocycles. The minimum atomic E-state index is -0.262. The largest absolute Gasteiger partial charge is 0.496 e. The third-order valence-electron chi connectivity index (χ3n) is 4.49. The molecule has 0 spiro atoms. The second kappa shape index (κ2) is 5.13. The zero-order valence-corrected chi connectivity index (χ0v) is 13.4. The van der Waals surface area contributed by atoms with Gasteiger partial charge in [0.2, 0.25) is 0 Å². The van der Waals surface area contributed by atoms with Crippen molar-refractivity contribution in [3.63, 3.8) is 0 Å². The van der Waals surface area contributed by atoms with Crippen LogP contribution in [0.25, 0.3) is 6.08 Å². The van der Waals surface area contributed by atoms with Gasteiger partial charge in [-0.25, -0.2) is 0 Å². The Morgan fingerprint density at radius 1 is 1.09 bits per heavy atom. The van der Waals surface area contributed by atoms with Crippen molar-refractivity contribution in [3.05, 3.63) is 70.3 Å². The van der Waals surface area contributed by atoms with E-state index in [0.717, 1.165) is 33.6 Å². The topological polar surface area (TPSA) is 26.3 Å². The summed E-state index contributed by atoms with van der Waals surface area (Å²) in [4.78, 5) is 12.7. The molecule has 0 aliphatic heterocycles. The Kier molecular flexibility index (Phi) is 3.40. The van der Waals surface area contributed by atoms with E-state index < -0.39 is 0 Å². The third-order valence-corrected chi connectivity index (χ3v) is 4.49. The zero-order chi connectivity index (χ0) is 15.9. The van der Waals surface area contributed by atoms with Crippen LogP contribution in [0.1, 0.15) is 40.9 Å². The van der Waals surface area contributed by atoms with Crippen LogP contribution in [0.2, 0.25) is 0 Å². The fraction of sp³-hybridized carbons (Fsp3) is 0.250. The summed E-state index contributed by atoms with van der Waals surface area (Å²) in [5.41, 5.74) is 4.61. The maximum absolute atomic E-state index is 12.7. The van der Waals surface area contributed by atoms with E-state index in [2.05, 4.69) is 19.9 Å². The number of benzene rings is 2. The highest BCUT2D eigenvalue weighted by molar-refractivity contribution is 6.17. The van der Waals surface area contributed by atoms with E-state index in [-0.39, 0.29) is 11.2 Å². The maximum Gasteiger partial charge on any atom is 0.190 e. The molecule has 112 valence electrons. The Morgan fingerprint density at radius 2 is 1.82 bits per heavy atom. The fourth-order valence-electron chi connectivity index (χ4n) is 3.20. The molecule has 22 heavy (non-hydrogen) atoms. The minimum absolute atomic E-state index is 0.133. The van der Waals surface area contributed by atoms with Gasteiger partial charge >= 0.3 is 0 Å². The number of fused-ring (bicyclic) bond motifs is 1. The van der Waals surface area contributed by atoms with E-state index in [9.17, 15) is 4.79 Å². The van der Waals surface area contributed by atoms with Crippen LogP contribution >= 0.6 is 0 Å². The van der Waals surface area contributed by atoms with Crippen LogP contribution < -0.4 is 4.74 Å². The molecule has 2 aromatic rings. The van der Waals surface area contributed by atoms with Gasteiger partial charge in [-0.15, -0.1) is 0 Å². The summed E-state index contributed by atoms with van der Waals surface area (Å²) in [6, 6.07) is 13.9. The Hall–Kier alpha value is -2.35. The fourth-order valence-corrected chi connectivity index (χ4v) is 3.20. The van der Waals surface area contributed by atoms with Crippen LogP contribution in [0.15, 0.2) is 48.0 Å². The predicted octanol–water partition coefficient (Wildman–Crippen LogP) is 4.56. The lowest BCUT2D eigenvalue weighted by atomic mass is 9.82. The van der Waals surface area contributed by atoms with Crippen LogP contribution in [0.5, 0.6) is 5.75 Å². The number of hydrogen-bond donors (Lipinski definition) is 0. The van der Waals surface area contributed by atoms with Gasteiger partial charge in [0.15, 0.2) is 5.78 Å². The number of carbonyl (C=O) groups excluding carboxylic acids is 1. The highest BCUT2D eigenvalue weighted by atomic mass is 16.5. The first-order valence-corrected chi connectivity index (χ1v) is 7.46. The predicted molar refractivity (Wildman–Crippen MR) is 89.5 cm³/mol. The van der Waals surface area contributed by atoms with Gasteiger partial charge in [-0.3, -0.25) is 4.79 Å². The molecule has 2 aromatic carbocycles. The highest BCUT2D eigenvalue weighted by Gasteiger charge is 2.40. The molecule has 0 N–H and O–H groups in total. The van der Waals surface area contributed by atoms with Gasteiger partial charge in [-0.05, 0) is 41.8 Å². The Morgan fingerprint density at radius 3 is 2.45 bits per heavy atom. The zero-order valence-electron chi connectivity index (χ0n) is 13.4. The number of ketones is 1. The third kappa shape index (κ3) is 2.16. The smallest absolute Gasteiger partial charge is 0.190 e. The standard InChI is InChI=1S/C20H20O2/c1-13-11-14(9-10-18(13)22-4)12-17-19(21)15-7-5-6-8-16(15)20(17,2)3/h5-12H,1-4H3/b17-12-. The summed E-state index contributed by atoms with van der Waals surface area (Å²) in [6.07, 6.45) is 2.01. The molecule has 2 heteroatoms. The SMILES string of the molecule is COc1ccc(/C=C2/C(=O)c3ccccc3C2(C)C)cc1C. The van der Waals surface area contributed by atoms with Crippen molar-refractivity contribution < 1.29 is 9.53 Å². The first-order valence-electron chi connectivity index (χ1n) is 7.46. The number of hydrogen-bond acceptors (Lipinski definition) is 2. The van der Waals surface area contributed by atoms with Gasteiger partial charge in [0, 0.05) is 16.6 Å².